The van der Waals surface area contributed by atoms with Crippen LogP contribution in [0.2, 0.25) is 0 Å². The Kier molecular flexibility index (Phi) is 6.85. The number of carbonyl (C=O) groups is 2. The number of benzene rings is 2. The first-order valence-corrected chi connectivity index (χ1v) is 8.54. The molecular weight excluding hydrogens is 404 g/mol. The standard InChI is InChI=1S/C18H17BrN2O5/c1-26-18(23)16(11-13-6-2-3-8-15(13)19)20-17(22)10-12-5-4-7-14(9-12)21(24)25/h2-9,16H,10-11H2,1H3,(H,20,22)/t16-/m0/s1. The molecular formula is C18H17BrN2O5. The number of ether oxygens (including phenoxy) is 1. The van der Waals surface area contributed by atoms with Crippen LogP contribution in [0.4, 0.5) is 5.69 Å². The normalized spacial score (nSPS) is 11.5. The highest BCUT2D eigenvalue weighted by Gasteiger charge is 2.23. The molecule has 0 aliphatic heterocycles. The van der Waals surface area contributed by atoms with Gasteiger partial charge in [0.05, 0.1) is 18.5 Å². The fourth-order valence-electron chi connectivity index (χ4n) is 2.43. The summed E-state index contributed by atoms with van der Waals surface area (Å²) in [5.41, 5.74) is 1.24. The van der Waals surface area contributed by atoms with Crippen molar-refractivity contribution in [3.05, 3.63) is 74.2 Å². The topological polar surface area (TPSA) is 98.5 Å². The molecule has 1 amide bonds. The quantitative estimate of drug-likeness (QED) is 0.421. The highest BCUT2D eigenvalue weighted by molar-refractivity contribution is 9.10. The van der Waals surface area contributed by atoms with Crippen molar-refractivity contribution in [3.63, 3.8) is 0 Å². The number of hydrogen-bond donors (Lipinski definition) is 1. The number of rotatable bonds is 7. The summed E-state index contributed by atoms with van der Waals surface area (Å²) in [7, 11) is 1.25. The summed E-state index contributed by atoms with van der Waals surface area (Å²) in [6.07, 6.45) is 0.180. The Labute approximate surface area is 158 Å². The average molecular weight is 421 g/mol. The Morgan fingerprint density at radius 3 is 2.62 bits per heavy atom. The molecule has 0 aliphatic rings. The second-order valence-electron chi connectivity index (χ2n) is 5.54. The highest BCUT2D eigenvalue weighted by atomic mass is 79.9. The summed E-state index contributed by atoms with van der Waals surface area (Å²) in [4.78, 5) is 34.6. The molecule has 0 unspecified atom stereocenters. The molecule has 1 N–H and O–H groups in total. The van der Waals surface area contributed by atoms with Crippen LogP contribution in [0.5, 0.6) is 0 Å². The molecule has 0 aromatic heterocycles. The Hall–Kier alpha value is -2.74. The third kappa shape index (κ3) is 5.38. The van der Waals surface area contributed by atoms with Gasteiger partial charge in [-0.3, -0.25) is 14.9 Å². The van der Waals surface area contributed by atoms with Crippen LogP contribution in [0.25, 0.3) is 0 Å². The SMILES string of the molecule is COC(=O)[C@H](Cc1ccccc1Br)NC(=O)Cc1cccc([N+](=O)[O-])c1. The molecule has 8 heteroatoms. The predicted molar refractivity (Wildman–Crippen MR) is 98.6 cm³/mol. The molecule has 0 radical (unpaired) electrons. The van der Waals surface area contributed by atoms with E-state index in [2.05, 4.69) is 21.2 Å². The molecule has 26 heavy (non-hydrogen) atoms. The van der Waals surface area contributed by atoms with Crippen molar-refractivity contribution < 1.29 is 19.2 Å². The van der Waals surface area contributed by atoms with Gasteiger partial charge in [0.25, 0.3) is 5.69 Å². The maximum Gasteiger partial charge on any atom is 0.328 e. The zero-order valence-corrected chi connectivity index (χ0v) is 15.6. The molecule has 0 spiro atoms. The number of nitro benzene ring substituents is 1. The van der Waals surface area contributed by atoms with Crippen molar-refractivity contribution in [2.24, 2.45) is 0 Å². The number of nitrogens with zero attached hydrogens (tertiary/aromatic N) is 1. The smallest absolute Gasteiger partial charge is 0.328 e. The summed E-state index contributed by atoms with van der Waals surface area (Å²) in [5.74, 6) is -0.985. The van der Waals surface area contributed by atoms with Gasteiger partial charge in [-0.05, 0) is 17.2 Å². The number of hydrogen-bond acceptors (Lipinski definition) is 5. The van der Waals surface area contributed by atoms with Gasteiger partial charge in [-0.15, -0.1) is 0 Å². The van der Waals surface area contributed by atoms with Crippen LogP contribution < -0.4 is 5.32 Å². The van der Waals surface area contributed by atoms with Crippen LogP contribution in [0.15, 0.2) is 53.0 Å². The molecule has 2 rings (SSSR count). The number of methoxy groups -OCH3 is 1. The minimum absolute atomic E-state index is 0.0782. The van der Waals surface area contributed by atoms with Crippen molar-refractivity contribution in [2.45, 2.75) is 18.9 Å². The predicted octanol–water partition coefficient (Wildman–Crippen LogP) is 2.80. The van der Waals surface area contributed by atoms with E-state index in [9.17, 15) is 19.7 Å². The minimum Gasteiger partial charge on any atom is -0.467 e. The number of amides is 1. The number of nitrogens with one attached hydrogen (secondary N) is 1. The zero-order chi connectivity index (χ0) is 19.1. The molecule has 0 fully saturated rings. The van der Waals surface area contributed by atoms with E-state index in [1.54, 1.807) is 6.07 Å². The van der Waals surface area contributed by atoms with E-state index in [4.69, 9.17) is 4.74 Å². The number of esters is 1. The van der Waals surface area contributed by atoms with Gasteiger partial charge >= 0.3 is 5.97 Å². The Morgan fingerprint density at radius 2 is 1.96 bits per heavy atom. The average Bonchev–Trinajstić information content (AvgIpc) is 2.62. The molecule has 0 aliphatic carbocycles. The second-order valence-corrected chi connectivity index (χ2v) is 6.40. The van der Waals surface area contributed by atoms with Gasteiger partial charge in [-0.25, -0.2) is 4.79 Å². The molecule has 136 valence electrons. The summed E-state index contributed by atoms with van der Waals surface area (Å²) < 4.78 is 5.59. The van der Waals surface area contributed by atoms with Crippen molar-refractivity contribution in [1.29, 1.82) is 0 Å². The van der Waals surface area contributed by atoms with Crippen molar-refractivity contribution >= 4 is 33.5 Å². The number of halogens is 1. The highest BCUT2D eigenvalue weighted by Crippen LogP contribution is 2.18. The maximum absolute atomic E-state index is 12.3. The first-order chi connectivity index (χ1) is 12.4. The van der Waals surface area contributed by atoms with E-state index in [0.717, 1.165) is 10.0 Å². The van der Waals surface area contributed by atoms with Gasteiger partial charge in [0.1, 0.15) is 6.04 Å². The van der Waals surface area contributed by atoms with Crippen LogP contribution in [0.3, 0.4) is 0 Å². The van der Waals surface area contributed by atoms with Gasteiger partial charge < -0.3 is 10.1 Å². The molecule has 0 saturated heterocycles. The van der Waals surface area contributed by atoms with Crippen LogP contribution in [-0.2, 0) is 27.2 Å². The van der Waals surface area contributed by atoms with Crippen LogP contribution in [0, 0.1) is 10.1 Å². The number of non-ortho nitro benzene ring substituents is 1. The maximum atomic E-state index is 12.3. The first-order valence-electron chi connectivity index (χ1n) is 7.74. The van der Waals surface area contributed by atoms with Crippen molar-refractivity contribution in [3.8, 4) is 0 Å². The van der Waals surface area contributed by atoms with E-state index in [-0.39, 0.29) is 18.5 Å². The molecule has 2 aromatic carbocycles. The summed E-state index contributed by atoms with van der Waals surface area (Å²) in [6.45, 7) is 0. The minimum atomic E-state index is -0.857. The van der Waals surface area contributed by atoms with Crippen LogP contribution in [0.1, 0.15) is 11.1 Å². The van der Waals surface area contributed by atoms with Crippen molar-refractivity contribution in [1.82, 2.24) is 5.32 Å². The molecule has 0 bridgehead atoms. The lowest BCUT2D eigenvalue weighted by molar-refractivity contribution is -0.384. The summed E-state index contributed by atoms with van der Waals surface area (Å²) in [5, 5.41) is 13.5. The van der Waals surface area contributed by atoms with Gasteiger partial charge in [0.15, 0.2) is 0 Å². The third-order valence-electron chi connectivity index (χ3n) is 3.69. The first kappa shape index (κ1) is 19.6. The van der Waals surface area contributed by atoms with Gasteiger partial charge in [0.2, 0.25) is 5.91 Å². The van der Waals surface area contributed by atoms with E-state index in [0.29, 0.717) is 5.56 Å². The number of nitro groups is 1. The monoisotopic (exact) mass is 420 g/mol. The van der Waals surface area contributed by atoms with E-state index in [1.807, 2.05) is 24.3 Å². The Bertz CT molecular complexity index is 825. The Morgan fingerprint density at radius 1 is 1.23 bits per heavy atom. The second kappa shape index (κ2) is 9.10. The van der Waals surface area contributed by atoms with Gasteiger partial charge in [-0.2, -0.15) is 0 Å². The zero-order valence-electron chi connectivity index (χ0n) is 14.0. The third-order valence-corrected chi connectivity index (χ3v) is 4.46. The molecule has 1 atom stereocenters. The van der Waals surface area contributed by atoms with Gasteiger partial charge in [0, 0.05) is 23.0 Å². The van der Waals surface area contributed by atoms with E-state index < -0.39 is 22.8 Å². The van der Waals surface area contributed by atoms with Crippen molar-refractivity contribution in [2.75, 3.05) is 7.11 Å². The lowest BCUT2D eigenvalue weighted by Gasteiger charge is -2.17. The molecule has 0 heterocycles. The summed E-state index contributed by atoms with van der Waals surface area (Å²) in [6, 6.07) is 12.3. The lowest BCUT2D eigenvalue weighted by atomic mass is 10.1. The van der Waals surface area contributed by atoms with Crippen LogP contribution >= 0.6 is 15.9 Å². The fourth-order valence-corrected chi connectivity index (χ4v) is 2.88. The molecule has 2 aromatic rings. The number of carbonyl (C=O) groups excluding carboxylic acids is 2. The lowest BCUT2D eigenvalue weighted by Crippen LogP contribution is -2.43. The molecule has 7 nitrogen and oxygen atoms in total. The van der Waals surface area contributed by atoms with E-state index in [1.165, 1.54) is 25.3 Å². The fraction of sp³-hybridized carbons (Fsp3) is 0.222. The van der Waals surface area contributed by atoms with Crippen LogP contribution in [-0.4, -0.2) is 30.0 Å². The largest absolute Gasteiger partial charge is 0.467 e. The van der Waals surface area contributed by atoms with E-state index >= 15 is 0 Å². The summed E-state index contributed by atoms with van der Waals surface area (Å²) >= 11 is 3.41. The Balaban J connectivity index is 2.09. The van der Waals surface area contributed by atoms with Gasteiger partial charge in [-0.1, -0.05) is 46.3 Å². The molecule has 0 saturated carbocycles.